The molecule has 1 amide bonds. The fourth-order valence-corrected chi connectivity index (χ4v) is 4.10. The van der Waals surface area contributed by atoms with E-state index in [0.29, 0.717) is 26.2 Å². The highest BCUT2D eigenvalue weighted by molar-refractivity contribution is 5.82. The number of amides is 1. The number of nitrogens with zero attached hydrogens (tertiary/aromatic N) is 3. The van der Waals surface area contributed by atoms with Gasteiger partial charge in [-0.2, -0.15) is 0 Å². The van der Waals surface area contributed by atoms with Gasteiger partial charge in [-0.1, -0.05) is 48.5 Å². The Morgan fingerprint density at radius 1 is 0.963 bits per heavy atom. The van der Waals surface area contributed by atoms with Gasteiger partial charge in [-0.05, 0) is 23.6 Å². The van der Waals surface area contributed by atoms with Gasteiger partial charge in [-0.3, -0.25) is 9.69 Å². The zero-order valence-electron chi connectivity index (χ0n) is 15.6. The number of fused-ring (bicyclic) bond motifs is 1. The number of hydrogen-bond donors (Lipinski definition) is 1. The van der Waals surface area contributed by atoms with Crippen LogP contribution in [0, 0.1) is 0 Å². The van der Waals surface area contributed by atoms with Crippen LogP contribution in [0.1, 0.15) is 11.1 Å². The van der Waals surface area contributed by atoms with Crippen LogP contribution in [0.5, 0.6) is 0 Å². The van der Waals surface area contributed by atoms with Crippen molar-refractivity contribution in [2.75, 3.05) is 44.2 Å². The molecule has 0 radical (unpaired) electrons. The van der Waals surface area contributed by atoms with E-state index >= 15 is 0 Å². The lowest BCUT2D eigenvalue weighted by molar-refractivity contribution is -0.130. The Hall–Kier alpha value is -2.37. The van der Waals surface area contributed by atoms with Crippen LogP contribution in [0.3, 0.4) is 0 Å². The number of aliphatic hydroxyl groups is 1. The predicted octanol–water partition coefficient (Wildman–Crippen LogP) is 1.75. The fourth-order valence-electron chi connectivity index (χ4n) is 4.10. The van der Waals surface area contributed by atoms with Crippen molar-refractivity contribution in [1.82, 2.24) is 9.80 Å². The largest absolute Gasteiger partial charge is 0.390 e. The molecule has 0 unspecified atom stereocenters. The Bertz CT molecular complexity index is 780. The van der Waals surface area contributed by atoms with Crippen molar-refractivity contribution in [2.24, 2.45) is 0 Å². The quantitative estimate of drug-likeness (QED) is 0.897. The summed E-state index contributed by atoms with van der Waals surface area (Å²) in [5.41, 5.74) is 3.72. The molecule has 2 aliphatic heterocycles. The Labute approximate surface area is 160 Å². The first-order chi connectivity index (χ1) is 13.2. The van der Waals surface area contributed by atoms with Crippen LogP contribution >= 0.6 is 0 Å². The maximum absolute atomic E-state index is 12.9. The highest BCUT2D eigenvalue weighted by Gasteiger charge is 2.27. The number of para-hydroxylation sites is 1. The SMILES string of the molecule is O=C(CN1CCc2ccccc21)N1CCN(Cc2ccccc2)C[C@@H](O)C1. The predicted molar refractivity (Wildman–Crippen MR) is 107 cm³/mol. The van der Waals surface area contributed by atoms with Crippen molar-refractivity contribution in [3.8, 4) is 0 Å². The van der Waals surface area contributed by atoms with E-state index in [0.717, 1.165) is 26.1 Å². The monoisotopic (exact) mass is 365 g/mol. The van der Waals surface area contributed by atoms with E-state index in [-0.39, 0.29) is 5.91 Å². The Morgan fingerprint density at radius 3 is 2.59 bits per heavy atom. The molecule has 2 aromatic rings. The molecule has 1 saturated heterocycles. The molecule has 2 heterocycles. The molecule has 0 saturated carbocycles. The zero-order chi connectivity index (χ0) is 18.6. The summed E-state index contributed by atoms with van der Waals surface area (Å²) in [4.78, 5) is 19.1. The lowest BCUT2D eigenvalue weighted by atomic mass is 10.2. The minimum absolute atomic E-state index is 0.104. The minimum atomic E-state index is -0.508. The molecule has 0 aliphatic carbocycles. The molecule has 1 atom stereocenters. The van der Waals surface area contributed by atoms with Crippen LogP contribution in [0.15, 0.2) is 54.6 Å². The van der Waals surface area contributed by atoms with E-state index in [1.807, 2.05) is 29.2 Å². The maximum Gasteiger partial charge on any atom is 0.242 e. The van der Waals surface area contributed by atoms with Crippen molar-refractivity contribution >= 4 is 11.6 Å². The van der Waals surface area contributed by atoms with E-state index < -0.39 is 6.10 Å². The van der Waals surface area contributed by atoms with Crippen LogP contribution in [0.2, 0.25) is 0 Å². The first-order valence-electron chi connectivity index (χ1n) is 9.74. The van der Waals surface area contributed by atoms with Crippen molar-refractivity contribution in [3.05, 3.63) is 65.7 Å². The van der Waals surface area contributed by atoms with Crippen molar-refractivity contribution in [1.29, 1.82) is 0 Å². The first-order valence-corrected chi connectivity index (χ1v) is 9.74. The number of rotatable bonds is 4. The van der Waals surface area contributed by atoms with Gasteiger partial charge >= 0.3 is 0 Å². The third-order valence-electron chi connectivity index (χ3n) is 5.50. The standard InChI is InChI=1S/C22H27N3O2/c26-20-15-23(14-18-6-2-1-3-7-18)12-13-25(16-20)22(27)17-24-11-10-19-8-4-5-9-21(19)24/h1-9,20,26H,10-17H2/t20-/m1/s1. The maximum atomic E-state index is 12.9. The summed E-state index contributed by atoms with van der Waals surface area (Å²) in [6, 6.07) is 18.6. The zero-order valence-corrected chi connectivity index (χ0v) is 15.6. The Kier molecular flexibility index (Phi) is 5.41. The third-order valence-corrected chi connectivity index (χ3v) is 5.50. The van der Waals surface area contributed by atoms with Gasteiger partial charge in [0.05, 0.1) is 12.6 Å². The summed E-state index contributed by atoms with van der Waals surface area (Å²) in [7, 11) is 0. The summed E-state index contributed by atoms with van der Waals surface area (Å²) in [5, 5.41) is 10.4. The second-order valence-electron chi connectivity index (χ2n) is 7.51. The van der Waals surface area contributed by atoms with Crippen LogP contribution in [0.25, 0.3) is 0 Å². The highest BCUT2D eigenvalue weighted by Crippen LogP contribution is 2.27. The minimum Gasteiger partial charge on any atom is -0.390 e. The van der Waals surface area contributed by atoms with E-state index in [1.54, 1.807) is 0 Å². The smallest absolute Gasteiger partial charge is 0.242 e. The van der Waals surface area contributed by atoms with Crippen LogP contribution in [-0.4, -0.2) is 66.2 Å². The molecule has 4 rings (SSSR count). The van der Waals surface area contributed by atoms with Gasteiger partial charge in [0.25, 0.3) is 0 Å². The van der Waals surface area contributed by atoms with Gasteiger partial charge in [0.2, 0.25) is 5.91 Å². The lowest BCUT2D eigenvalue weighted by Gasteiger charge is -2.26. The normalized spacial score (nSPS) is 20.4. The molecular weight excluding hydrogens is 338 g/mol. The number of aliphatic hydroxyl groups excluding tert-OH is 1. The van der Waals surface area contributed by atoms with Crippen LogP contribution < -0.4 is 4.90 Å². The second-order valence-corrected chi connectivity index (χ2v) is 7.51. The molecule has 0 aromatic heterocycles. The number of anilines is 1. The summed E-state index contributed by atoms with van der Waals surface area (Å²) in [6.45, 7) is 4.56. The van der Waals surface area contributed by atoms with Gasteiger partial charge in [0.1, 0.15) is 0 Å². The number of β-amino-alcohol motifs (C(OH)–C–C–N with tert-alkyl or cyclic N) is 1. The molecule has 2 aliphatic rings. The van der Waals surface area contributed by atoms with Crippen molar-refractivity contribution < 1.29 is 9.90 Å². The van der Waals surface area contributed by atoms with Crippen molar-refractivity contribution in [3.63, 3.8) is 0 Å². The van der Waals surface area contributed by atoms with Crippen LogP contribution in [-0.2, 0) is 17.8 Å². The molecule has 142 valence electrons. The van der Waals surface area contributed by atoms with E-state index in [1.165, 1.54) is 16.8 Å². The number of carbonyl (C=O) groups excluding carboxylic acids is 1. The molecular formula is C22H27N3O2. The molecule has 5 heteroatoms. The molecule has 0 bridgehead atoms. The Balaban J connectivity index is 1.36. The van der Waals surface area contributed by atoms with Gasteiger partial charge in [-0.15, -0.1) is 0 Å². The molecule has 0 spiro atoms. The summed E-state index contributed by atoms with van der Waals surface area (Å²) < 4.78 is 0. The second kappa shape index (κ2) is 8.11. The fraction of sp³-hybridized carbons (Fsp3) is 0.409. The van der Waals surface area contributed by atoms with Crippen molar-refractivity contribution in [2.45, 2.75) is 19.1 Å². The summed E-state index contributed by atoms with van der Waals surface area (Å²) >= 11 is 0. The molecule has 2 aromatic carbocycles. The Morgan fingerprint density at radius 2 is 1.74 bits per heavy atom. The first kappa shape index (κ1) is 18.0. The highest BCUT2D eigenvalue weighted by atomic mass is 16.3. The average molecular weight is 365 g/mol. The van der Waals surface area contributed by atoms with E-state index in [9.17, 15) is 9.90 Å². The average Bonchev–Trinajstić information content (AvgIpc) is 2.98. The van der Waals surface area contributed by atoms with Gasteiger partial charge in [-0.25, -0.2) is 0 Å². The van der Waals surface area contributed by atoms with Gasteiger partial charge < -0.3 is 14.9 Å². The summed E-state index contributed by atoms with van der Waals surface area (Å²) in [5.74, 6) is 0.104. The number of benzene rings is 2. The van der Waals surface area contributed by atoms with E-state index in [4.69, 9.17) is 0 Å². The topological polar surface area (TPSA) is 47.0 Å². The number of carbonyl (C=O) groups is 1. The van der Waals surface area contributed by atoms with E-state index in [2.05, 4.69) is 40.1 Å². The van der Waals surface area contributed by atoms with Crippen LogP contribution in [0.4, 0.5) is 5.69 Å². The third kappa shape index (κ3) is 4.31. The molecule has 1 N–H and O–H groups in total. The lowest BCUT2D eigenvalue weighted by Crippen LogP contribution is -2.43. The van der Waals surface area contributed by atoms with Gasteiger partial charge in [0.15, 0.2) is 0 Å². The molecule has 1 fully saturated rings. The summed E-state index contributed by atoms with van der Waals surface area (Å²) in [6.07, 6.45) is 0.489. The molecule has 5 nitrogen and oxygen atoms in total. The molecule has 27 heavy (non-hydrogen) atoms. The number of hydrogen-bond acceptors (Lipinski definition) is 4. The van der Waals surface area contributed by atoms with Gasteiger partial charge in [0, 0.05) is 45.0 Å².